The molecule has 144 valence electrons. The molecule has 9 nitrogen and oxygen atoms in total. The summed E-state index contributed by atoms with van der Waals surface area (Å²) in [7, 11) is 1.54. The molecular formula is C20H14N4O5. The van der Waals surface area contributed by atoms with Crippen molar-refractivity contribution in [2.24, 2.45) is 0 Å². The van der Waals surface area contributed by atoms with Crippen LogP contribution in [0.1, 0.15) is 15.9 Å². The molecule has 0 atom stereocenters. The number of anilines is 1. The van der Waals surface area contributed by atoms with Crippen molar-refractivity contribution in [2.75, 3.05) is 11.9 Å². The molecule has 9 heteroatoms. The fourth-order valence-corrected chi connectivity index (χ4v) is 3.28. The van der Waals surface area contributed by atoms with Crippen molar-refractivity contribution < 1.29 is 14.5 Å². The Morgan fingerprint density at radius 2 is 1.79 bits per heavy atom. The Bertz CT molecular complexity index is 1370. The number of fused-ring (bicyclic) bond motifs is 1. The third-order valence-electron chi connectivity index (χ3n) is 4.71. The molecule has 0 spiro atoms. The quantitative estimate of drug-likeness (QED) is 0.485. The highest BCUT2D eigenvalue weighted by Gasteiger charge is 2.33. The molecule has 0 saturated carbocycles. The summed E-state index contributed by atoms with van der Waals surface area (Å²) in [6.45, 7) is 0. The highest BCUT2D eigenvalue weighted by atomic mass is 16.6. The topological polar surface area (TPSA) is 129 Å². The number of rotatable bonds is 2. The molecule has 1 amide bonds. The van der Waals surface area contributed by atoms with E-state index in [0.29, 0.717) is 16.8 Å². The zero-order chi connectivity index (χ0) is 20.7. The minimum absolute atomic E-state index is 0.0370. The number of amides is 1. The fraction of sp³-hybridized carbons (Fsp3) is 0.0500. The smallest absolute Gasteiger partial charge is 0.271 e. The Labute approximate surface area is 162 Å². The third-order valence-corrected chi connectivity index (χ3v) is 4.71. The summed E-state index contributed by atoms with van der Waals surface area (Å²) in [4.78, 5) is 50.0. The second kappa shape index (κ2) is 6.71. The molecule has 2 aromatic carbocycles. The van der Waals surface area contributed by atoms with E-state index in [4.69, 9.17) is 0 Å². The Morgan fingerprint density at radius 1 is 1.03 bits per heavy atom. The summed E-state index contributed by atoms with van der Waals surface area (Å²) in [6.07, 6.45) is 1.39. The highest BCUT2D eigenvalue weighted by molar-refractivity contribution is 6.51. The zero-order valence-electron chi connectivity index (χ0n) is 15.1. The van der Waals surface area contributed by atoms with E-state index in [1.807, 2.05) is 0 Å². The van der Waals surface area contributed by atoms with Gasteiger partial charge in [-0.15, -0.1) is 0 Å². The lowest BCUT2D eigenvalue weighted by atomic mass is 9.95. The van der Waals surface area contributed by atoms with Gasteiger partial charge < -0.3 is 4.90 Å². The number of ketones is 1. The number of nitrogens with zero attached hydrogens (tertiary/aromatic N) is 2. The number of nitrogens with one attached hydrogen (secondary N) is 2. The van der Waals surface area contributed by atoms with Crippen molar-refractivity contribution in [1.82, 2.24) is 10.2 Å². The lowest BCUT2D eigenvalue weighted by Gasteiger charge is -2.25. The average Bonchev–Trinajstić information content (AvgIpc) is 3.07. The van der Waals surface area contributed by atoms with Gasteiger partial charge in [-0.3, -0.25) is 34.7 Å². The van der Waals surface area contributed by atoms with E-state index in [1.54, 1.807) is 37.4 Å². The molecule has 1 aromatic heterocycles. The van der Waals surface area contributed by atoms with Crippen LogP contribution >= 0.6 is 0 Å². The van der Waals surface area contributed by atoms with Crippen molar-refractivity contribution in [3.8, 4) is 0 Å². The van der Waals surface area contributed by atoms with Crippen molar-refractivity contribution >= 4 is 34.7 Å². The van der Waals surface area contributed by atoms with Crippen molar-refractivity contribution in [3.05, 3.63) is 90.7 Å². The molecule has 3 aromatic rings. The maximum atomic E-state index is 13.0. The summed E-state index contributed by atoms with van der Waals surface area (Å²) in [5, 5.41) is 16.1. The van der Waals surface area contributed by atoms with Crippen molar-refractivity contribution in [3.63, 3.8) is 0 Å². The van der Waals surface area contributed by atoms with E-state index in [-0.39, 0.29) is 21.8 Å². The van der Waals surface area contributed by atoms with Crippen LogP contribution in [-0.2, 0) is 4.79 Å². The number of aromatic amines is 2. The van der Waals surface area contributed by atoms with Crippen LogP contribution in [0.3, 0.4) is 0 Å². The first-order valence-corrected chi connectivity index (χ1v) is 8.57. The van der Waals surface area contributed by atoms with Crippen LogP contribution in [0.15, 0.2) is 53.3 Å². The Morgan fingerprint density at radius 3 is 2.55 bits per heavy atom. The first kappa shape index (κ1) is 18.1. The number of carbonyl (C=O) groups excluding carboxylic acids is 2. The van der Waals surface area contributed by atoms with Crippen LogP contribution in [0.2, 0.25) is 0 Å². The number of benzene rings is 2. The minimum Gasteiger partial charge on any atom is -0.310 e. The fourth-order valence-electron chi connectivity index (χ4n) is 3.28. The summed E-state index contributed by atoms with van der Waals surface area (Å²) >= 11 is 0. The maximum Gasteiger partial charge on any atom is 0.271 e. The van der Waals surface area contributed by atoms with Crippen molar-refractivity contribution in [2.45, 2.75) is 0 Å². The van der Waals surface area contributed by atoms with Gasteiger partial charge in [0.1, 0.15) is 5.57 Å². The van der Waals surface area contributed by atoms with Gasteiger partial charge in [-0.05, 0) is 23.8 Å². The molecule has 0 aliphatic carbocycles. The average molecular weight is 390 g/mol. The first-order chi connectivity index (χ1) is 13.9. The second-order valence-corrected chi connectivity index (χ2v) is 6.45. The minimum atomic E-state index is -0.558. The van der Waals surface area contributed by atoms with Gasteiger partial charge in [-0.25, -0.2) is 0 Å². The molecule has 4 rings (SSSR count). The van der Waals surface area contributed by atoms with Crippen LogP contribution in [-0.4, -0.2) is 33.9 Å². The number of para-hydroxylation sites is 1. The van der Waals surface area contributed by atoms with Gasteiger partial charge >= 0.3 is 0 Å². The molecule has 1 aliphatic heterocycles. The van der Waals surface area contributed by atoms with Gasteiger partial charge in [-0.1, -0.05) is 24.3 Å². The van der Waals surface area contributed by atoms with Crippen molar-refractivity contribution in [1.29, 1.82) is 0 Å². The molecule has 0 radical (unpaired) electrons. The monoisotopic (exact) mass is 390 g/mol. The summed E-state index contributed by atoms with van der Waals surface area (Å²) in [5.41, 5.74) is 0.331. The predicted molar refractivity (Wildman–Crippen MR) is 105 cm³/mol. The molecule has 0 fully saturated rings. The maximum absolute atomic E-state index is 13.0. The van der Waals surface area contributed by atoms with Gasteiger partial charge in [0, 0.05) is 24.7 Å². The van der Waals surface area contributed by atoms with Gasteiger partial charge in [0.05, 0.1) is 21.2 Å². The molecule has 0 bridgehead atoms. The van der Waals surface area contributed by atoms with Gasteiger partial charge in [0.15, 0.2) is 0 Å². The van der Waals surface area contributed by atoms with Gasteiger partial charge in [0.25, 0.3) is 17.2 Å². The molecule has 29 heavy (non-hydrogen) atoms. The van der Waals surface area contributed by atoms with E-state index >= 15 is 0 Å². The number of non-ortho nitro benzene ring substituents is 1. The van der Waals surface area contributed by atoms with Crippen LogP contribution < -0.4 is 21.0 Å². The van der Waals surface area contributed by atoms with E-state index in [1.165, 1.54) is 29.2 Å². The lowest BCUT2D eigenvalue weighted by Crippen LogP contribution is -2.44. The van der Waals surface area contributed by atoms with Crippen LogP contribution in [0.25, 0.3) is 11.6 Å². The Hall–Kier alpha value is -4.27. The SMILES string of the molecule is CN1C(=O)/C(=c2\[nH][nH]c(=O)\c2=C/c2cccc([N+](=O)[O-])c2)C(=O)c2ccccc21. The molecule has 1 aliphatic rings. The molecular weight excluding hydrogens is 376 g/mol. The van der Waals surface area contributed by atoms with Crippen LogP contribution in [0, 0.1) is 10.1 Å². The standard InChI is InChI=1S/C20H14N4O5/c1-23-15-8-3-2-7-13(15)18(25)16(20(23)27)17-14(19(26)22-21-17)10-11-5-4-6-12(9-11)24(28)29/h2-10,21H,1H3,(H,22,26)/b14-10-,17-16-. The van der Waals surface area contributed by atoms with E-state index in [2.05, 4.69) is 10.2 Å². The number of carbonyl (C=O) groups is 2. The number of hydrogen-bond acceptors (Lipinski definition) is 5. The van der Waals surface area contributed by atoms with Crippen LogP contribution in [0.4, 0.5) is 11.4 Å². The second-order valence-electron chi connectivity index (χ2n) is 6.45. The number of hydrogen-bond donors (Lipinski definition) is 2. The number of nitro groups is 1. The largest absolute Gasteiger partial charge is 0.310 e. The Balaban J connectivity index is 2.01. The first-order valence-electron chi connectivity index (χ1n) is 8.57. The highest BCUT2D eigenvalue weighted by Crippen LogP contribution is 2.28. The molecule has 2 heterocycles. The zero-order valence-corrected chi connectivity index (χ0v) is 15.1. The summed E-state index contributed by atoms with van der Waals surface area (Å²) in [5.74, 6) is -1.06. The molecule has 2 N–H and O–H groups in total. The van der Waals surface area contributed by atoms with Crippen LogP contribution in [0.5, 0.6) is 0 Å². The van der Waals surface area contributed by atoms with E-state index in [0.717, 1.165) is 0 Å². The molecule has 0 unspecified atom stereocenters. The van der Waals surface area contributed by atoms with Gasteiger partial charge in [0.2, 0.25) is 5.78 Å². The van der Waals surface area contributed by atoms with Gasteiger partial charge in [-0.2, -0.15) is 0 Å². The molecule has 0 saturated heterocycles. The number of aromatic nitrogens is 2. The van der Waals surface area contributed by atoms with E-state index < -0.39 is 22.2 Å². The summed E-state index contributed by atoms with van der Waals surface area (Å²) < 4.78 is 0. The number of nitro benzene ring substituents is 1. The Kier molecular flexibility index (Phi) is 4.19. The third kappa shape index (κ3) is 2.94. The van der Waals surface area contributed by atoms with E-state index in [9.17, 15) is 24.5 Å². The predicted octanol–water partition coefficient (Wildman–Crippen LogP) is 0.450. The number of H-pyrrole nitrogens is 2. The summed E-state index contributed by atoms with van der Waals surface area (Å²) in [6, 6.07) is 12.4. The normalized spacial score (nSPS) is 16.2. The number of Topliss-reactive ketones (excluding diaryl/α,β-unsaturated/α-hetero) is 1. The lowest BCUT2D eigenvalue weighted by molar-refractivity contribution is -0.384.